The van der Waals surface area contributed by atoms with Crippen LogP contribution in [0.15, 0.2) is 37.1 Å². The summed E-state index contributed by atoms with van der Waals surface area (Å²) >= 11 is 8.75. The van der Waals surface area contributed by atoms with Gasteiger partial charge in [-0.2, -0.15) is 0 Å². The minimum absolute atomic E-state index is 0.291. The molecule has 1 atom stereocenters. The SMILES string of the molecule is CNC(Cc1ccco1)c1cc(Br)c(Br)s1. The van der Waals surface area contributed by atoms with E-state index < -0.39 is 0 Å². The fourth-order valence-electron chi connectivity index (χ4n) is 1.51. The lowest BCUT2D eigenvalue weighted by Gasteiger charge is -2.12. The summed E-state index contributed by atoms with van der Waals surface area (Å²) in [5.74, 6) is 1.000. The third-order valence-electron chi connectivity index (χ3n) is 2.34. The lowest BCUT2D eigenvalue weighted by molar-refractivity contribution is 0.468. The Kier molecular flexibility index (Phi) is 4.24. The van der Waals surface area contributed by atoms with Crippen LogP contribution in [0.1, 0.15) is 16.7 Å². The predicted octanol–water partition coefficient (Wildman–Crippen LogP) is 4.37. The van der Waals surface area contributed by atoms with E-state index in [0.717, 1.165) is 20.4 Å². The normalized spacial score (nSPS) is 12.9. The van der Waals surface area contributed by atoms with Crippen molar-refractivity contribution < 1.29 is 4.42 Å². The highest BCUT2D eigenvalue weighted by atomic mass is 79.9. The Labute approximate surface area is 115 Å². The molecule has 0 fully saturated rings. The Morgan fingerprint density at radius 2 is 2.31 bits per heavy atom. The molecule has 2 nitrogen and oxygen atoms in total. The third-order valence-corrected chi connectivity index (χ3v) is 5.71. The van der Waals surface area contributed by atoms with Crippen molar-refractivity contribution in [3.63, 3.8) is 0 Å². The number of nitrogens with one attached hydrogen (secondary N) is 1. The number of rotatable bonds is 4. The van der Waals surface area contributed by atoms with Crippen LogP contribution in [0.3, 0.4) is 0 Å². The minimum Gasteiger partial charge on any atom is -0.469 e. The van der Waals surface area contributed by atoms with E-state index in [0.29, 0.717) is 6.04 Å². The maximum absolute atomic E-state index is 5.37. The second-order valence-corrected chi connectivity index (χ2v) is 6.65. The van der Waals surface area contributed by atoms with Crippen molar-refractivity contribution in [2.75, 3.05) is 7.05 Å². The Morgan fingerprint density at radius 1 is 1.50 bits per heavy atom. The van der Waals surface area contributed by atoms with Gasteiger partial charge in [0, 0.05) is 21.8 Å². The molecule has 0 saturated heterocycles. The maximum atomic E-state index is 5.37. The number of hydrogen-bond donors (Lipinski definition) is 1. The van der Waals surface area contributed by atoms with E-state index in [1.54, 1.807) is 17.6 Å². The molecule has 0 aromatic carbocycles. The average Bonchev–Trinajstić information content (AvgIpc) is 2.86. The highest BCUT2D eigenvalue weighted by Crippen LogP contribution is 2.36. The van der Waals surface area contributed by atoms with Crippen molar-refractivity contribution in [1.82, 2.24) is 5.32 Å². The van der Waals surface area contributed by atoms with Gasteiger partial charge in [-0.05, 0) is 57.1 Å². The summed E-state index contributed by atoms with van der Waals surface area (Å²) in [7, 11) is 1.97. The Bertz CT molecular complexity index is 433. The molecule has 86 valence electrons. The predicted molar refractivity (Wildman–Crippen MR) is 73.9 cm³/mol. The van der Waals surface area contributed by atoms with Gasteiger partial charge in [0.1, 0.15) is 5.76 Å². The highest BCUT2D eigenvalue weighted by Gasteiger charge is 2.15. The van der Waals surface area contributed by atoms with Crippen molar-refractivity contribution in [2.45, 2.75) is 12.5 Å². The van der Waals surface area contributed by atoms with E-state index in [9.17, 15) is 0 Å². The summed E-state index contributed by atoms with van der Waals surface area (Å²) in [6.07, 6.45) is 2.57. The van der Waals surface area contributed by atoms with Crippen LogP contribution >= 0.6 is 43.2 Å². The van der Waals surface area contributed by atoms with Crippen LogP contribution in [-0.4, -0.2) is 7.05 Å². The molecule has 0 aliphatic rings. The molecule has 0 spiro atoms. The summed E-state index contributed by atoms with van der Waals surface area (Å²) in [6, 6.07) is 6.35. The van der Waals surface area contributed by atoms with Crippen LogP contribution in [0, 0.1) is 0 Å². The Morgan fingerprint density at radius 3 is 2.81 bits per heavy atom. The van der Waals surface area contributed by atoms with E-state index in [1.165, 1.54) is 4.88 Å². The van der Waals surface area contributed by atoms with Gasteiger partial charge in [-0.1, -0.05) is 0 Å². The van der Waals surface area contributed by atoms with Crippen LogP contribution < -0.4 is 5.32 Å². The van der Waals surface area contributed by atoms with Gasteiger partial charge in [-0.25, -0.2) is 0 Å². The topological polar surface area (TPSA) is 25.2 Å². The molecule has 1 unspecified atom stereocenters. The van der Waals surface area contributed by atoms with Crippen LogP contribution in [0.5, 0.6) is 0 Å². The number of likely N-dealkylation sites (N-methyl/N-ethyl adjacent to an activating group) is 1. The largest absolute Gasteiger partial charge is 0.469 e. The molecule has 1 N–H and O–H groups in total. The summed E-state index contributed by atoms with van der Waals surface area (Å²) in [5.41, 5.74) is 0. The van der Waals surface area contributed by atoms with Crippen LogP contribution in [0.2, 0.25) is 0 Å². The second-order valence-electron chi connectivity index (χ2n) is 3.40. The molecule has 0 aliphatic carbocycles. The van der Waals surface area contributed by atoms with E-state index in [2.05, 4.69) is 43.2 Å². The fraction of sp³-hybridized carbons (Fsp3) is 0.273. The van der Waals surface area contributed by atoms with Crippen molar-refractivity contribution in [3.05, 3.63) is 43.4 Å². The molecule has 2 aromatic rings. The van der Waals surface area contributed by atoms with Gasteiger partial charge >= 0.3 is 0 Å². The monoisotopic (exact) mass is 363 g/mol. The maximum Gasteiger partial charge on any atom is 0.105 e. The molecule has 2 aromatic heterocycles. The van der Waals surface area contributed by atoms with Crippen molar-refractivity contribution in [1.29, 1.82) is 0 Å². The van der Waals surface area contributed by atoms with Gasteiger partial charge in [0.2, 0.25) is 0 Å². The molecule has 2 rings (SSSR count). The first-order valence-electron chi connectivity index (χ1n) is 4.85. The number of hydrogen-bond acceptors (Lipinski definition) is 3. The molecule has 0 bridgehead atoms. The minimum atomic E-state index is 0.291. The van der Waals surface area contributed by atoms with Gasteiger partial charge in [0.05, 0.1) is 10.0 Å². The van der Waals surface area contributed by atoms with Gasteiger partial charge in [-0.15, -0.1) is 11.3 Å². The first kappa shape index (κ1) is 12.4. The summed E-state index contributed by atoms with van der Waals surface area (Å²) in [4.78, 5) is 1.29. The van der Waals surface area contributed by atoms with E-state index in [1.807, 2.05) is 19.2 Å². The quantitative estimate of drug-likeness (QED) is 0.871. The van der Waals surface area contributed by atoms with E-state index in [-0.39, 0.29) is 0 Å². The van der Waals surface area contributed by atoms with E-state index >= 15 is 0 Å². The zero-order valence-corrected chi connectivity index (χ0v) is 12.7. The highest BCUT2D eigenvalue weighted by molar-refractivity contribution is 9.13. The summed E-state index contributed by atoms with van der Waals surface area (Å²) in [6.45, 7) is 0. The number of halogens is 2. The van der Waals surface area contributed by atoms with Gasteiger partial charge in [0.25, 0.3) is 0 Å². The zero-order chi connectivity index (χ0) is 11.5. The van der Waals surface area contributed by atoms with Gasteiger partial charge in [-0.3, -0.25) is 0 Å². The van der Waals surface area contributed by atoms with Gasteiger partial charge in [0.15, 0.2) is 0 Å². The summed E-state index contributed by atoms with van der Waals surface area (Å²) < 4.78 is 7.60. The van der Waals surface area contributed by atoms with Crippen LogP contribution in [0.25, 0.3) is 0 Å². The Balaban J connectivity index is 2.16. The molecule has 0 aliphatic heterocycles. The van der Waals surface area contributed by atoms with Crippen molar-refractivity contribution in [3.8, 4) is 0 Å². The van der Waals surface area contributed by atoms with Crippen LogP contribution in [-0.2, 0) is 6.42 Å². The molecule has 16 heavy (non-hydrogen) atoms. The number of furan rings is 1. The molecule has 2 heterocycles. The van der Waals surface area contributed by atoms with Crippen LogP contribution in [0.4, 0.5) is 0 Å². The standard InChI is InChI=1S/C11H11Br2NOS/c1-14-9(5-7-3-2-4-15-7)10-6-8(12)11(13)16-10/h2-4,6,9,14H,5H2,1H3. The molecular formula is C11H11Br2NOS. The van der Waals surface area contributed by atoms with E-state index in [4.69, 9.17) is 4.42 Å². The number of thiophene rings is 1. The first-order chi connectivity index (χ1) is 7.70. The first-order valence-corrected chi connectivity index (χ1v) is 7.25. The lowest BCUT2D eigenvalue weighted by Crippen LogP contribution is -2.17. The van der Waals surface area contributed by atoms with Gasteiger partial charge < -0.3 is 9.73 Å². The van der Waals surface area contributed by atoms with Crippen molar-refractivity contribution in [2.24, 2.45) is 0 Å². The second kappa shape index (κ2) is 5.49. The zero-order valence-electron chi connectivity index (χ0n) is 8.67. The fourth-order valence-corrected chi connectivity index (χ4v) is 3.71. The average molecular weight is 365 g/mol. The third kappa shape index (κ3) is 2.77. The lowest BCUT2D eigenvalue weighted by atomic mass is 10.1. The molecule has 0 amide bonds. The molecule has 0 radical (unpaired) electrons. The molecule has 0 saturated carbocycles. The van der Waals surface area contributed by atoms with Crippen molar-refractivity contribution >= 4 is 43.2 Å². The Hall–Kier alpha value is -0.1000. The summed E-state index contributed by atoms with van der Waals surface area (Å²) in [5, 5.41) is 3.31. The molecule has 5 heteroatoms. The molecular weight excluding hydrogens is 354 g/mol. The smallest absolute Gasteiger partial charge is 0.105 e.